The first-order valence-electron chi connectivity index (χ1n) is 10.5. The number of nitrogens with zero attached hydrogens (tertiary/aromatic N) is 2. The number of benzene rings is 2. The summed E-state index contributed by atoms with van der Waals surface area (Å²) in [6.07, 6.45) is 6.50. The van der Waals surface area contributed by atoms with Crippen molar-refractivity contribution in [3.8, 4) is 0 Å². The highest BCUT2D eigenvalue weighted by atomic mass is 16.6. The Bertz CT molecular complexity index is 876. The van der Waals surface area contributed by atoms with Gasteiger partial charge >= 0.3 is 0 Å². The minimum atomic E-state index is -0.390. The van der Waals surface area contributed by atoms with Crippen LogP contribution in [0.5, 0.6) is 0 Å². The number of rotatable bonds is 9. The van der Waals surface area contributed by atoms with E-state index in [9.17, 15) is 14.9 Å². The average Bonchev–Trinajstić information content (AvgIpc) is 3.27. The van der Waals surface area contributed by atoms with Crippen LogP contribution in [-0.4, -0.2) is 35.4 Å². The first kappa shape index (κ1) is 21.7. The molecule has 1 N–H and O–H groups in total. The van der Waals surface area contributed by atoms with Crippen LogP contribution >= 0.6 is 0 Å². The Balaban J connectivity index is 1.61. The van der Waals surface area contributed by atoms with Gasteiger partial charge in [-0.05, 0) is 44.0 Å². The van der Waals surface area contributed by atoms with E-state index in [1.54, 1.807) is 24.3 Å². The maximum atomic E-state index is 12.8. The van der Waals surface area contributed by atoms with Crippen molar-refractivity contribution in [1.29, 1.82) is 0 Å². The SMILES string of the molecule is CC(CC=Cc1ccccc1[N+](=O)[O-])C(=O)N[C@H](CN1CCCC1)c1ccccc1. The highest BCUT2D eigenvalue weighted by Crippen LogP contribution is 2.21. The lowest BCUT2D eigenvalue weighted by atomic mass is 10.0. The van der Waals surface area contributed by atoms with E-state index in [4.69, 9.17) is 0 Å². The molecule has 6 nitrogen and oxygen atoms in total. The van der Waals surface area contributed by atoms with Crippen LogP contribution in [0.3, 0.4) is 0 Å². The van der Waals surface area contributed by atoms with E-state index in [0.29, 0.717) is 12.0 Å². The Hall–Kier alpha value is -2.99. The summed E-state index contributed by atoms with van der Waals surface area (Å²) in [6, 6.07) is 16.7. The summed E-state index contributed by atoms with van der Waals surface area (Å²) < 4.78 is 0. The van der Waals surface area contributed by atoms with E-state index in [1.807, 2.05) is 31.2 Å². The zero-order valence-electron chi connectivity index (χ0n) is 17.4. The molecular formula is C24H29N3O3. The summed E-state index contributed by atoms with van der Waals surface area (Å²) in [6.45, 7) is 4.85. The maximum absolute atomic E-state index is 12.8. The number of likely N-dealkylation sites (tertiary alicyclic amines) is 1. The molecule has 1 aliphatic rings. The van der Waals surface area contributed by atoms with Crippen molar-refractivity contribution in [2.45, 2.75) is 32.2 Å². The second-order valence-electron chi connectivity index (χ2n) is 7.83. The van der Waals surface area contributed by atoms with Crippen molar-refractivity contribution in [2.75, 3.05) is 19.6 Å². The number of carbonyl (C=O) groups is 1. The average molecular weight is 408 g/mol. The fourth-order valence-electron chi connectivity index (χ4n) is 3.76. The van der Waals surface area contributed by atoms with Gasteiger partial charge in [0.2, 0.25) is 5.91 Å². The van der Waals surface area contributed by atoms with Gasteiger partial charge in [-0.2, -0.15) is 0 Å². The summed E-state index contributed by atoms with van der Waals surface area (Å²) in [5.41, 5.74) is 1.73. The van der Waals surface area contributed by atoms with Gasteiger partial charge in [0.05, 0.1) is 16.5 Å². The third-order valence-electron chi connectivity index (χ3n) is 5.53. The number of carbonyl (C=O) groups excluding carboxylic acids is 1. The number of nitrogens with one attached hydrogen (secondary N) is 1. The normalized spacial score (nSPS) is 16.4. The van der Waals surface area contributed by atoms with Crippen LogP contribution < -0.4 is 5.32 Å². The summed E-state index contributed by atoms with van der Waals surface area (Å²) >= 11 is 0. The van der Waals surface area contributed by atoms with E-state index in [0.717, 1.165) is 25.2 Å². The Morgan fingerprint density at radius 3 is 2.50 bits per heavy atom. The molecule has 158 valence electrons. The molecule has 2 aromatic rings. The fraction of sp³-hybridized carbons (Fsp3) is 0.375. The number of nitro groups is 1. The van der Waals surface area contributed by atoms with Crippen molar-refractivity contribution < 1.29 is 9.72 Å². The zero-order valence-corrected chi connectivity index (χ0v) is 17.4. The van der Waals surface area contributed by atoms with Gasteiger partial charge in [-0.25, -0.2) is 0 Å². The number of amides is 1. The Labute approximate surface area is 177 Å². The first-order chi connectivity index (χ1) is 14.5. The molecule has 1 amide bonds. The van der Waals surface area contributed by atoms with Crippen LogP contribution in [0.15, 0.2) is 60.7 Å². The number of allylic oxidation sites excluding steroid dienone is 1. The summed E-state index contributed by atoms with van der Waals surface area (Å²) in [5, 5.41) is 14.3. The van der Waals surface area contributed by atoms with Crippen molar-refractivity contribution in [3.05, 3.63) is 81.9 Å². The van der Waals surface area contributed by atoms with Crippen molar-refractivity contribution >= 4 is 17.7 Å². The van der Waals surface area contributed by atoms with Gasteiger partial charge in [-0.3, -0.25) is 14.9 Å². The molecule has 0 radical (unpaired) electrons. The Morgan fingerprint density at radius 1 is 1.13 bits per heavy atom. The summed E-state index contributed by atoms with van der Waals surface area (Å²) in [4.78, 5) is 26.0. The van der Waals surface area contributed by atoms with Crippen molar-refractivity contribution in [2.24, 2.45) is 5.92 Å². The molecule has 0 aliphatic carbocycles. The molecule has 1 saturated heterocycles. The Morgan fingerprint density at radius 2 is 1.80 bits per heavy atom. The molecule has 3 rings (SSSR count). The topological polar surface area (TPSA) is 75.5 Å². The second kappa shape index (κ2) is 10.7. The molecule has 30 heavy (non-hydrogen) atoms. The molecule has 0 spiro atoms. The van der Waals surface area contributed by atoms with E-state index in [-0.39, 0.29) is 23.6 Å². The van der Waals surface area contributed by atoms with Gasteiger partial charge in [0, 0.05) is 18.5 Å². The van der Waals surface area contributed by atoms with Crippen LogP contribution in [0.25, 0.3) is 6.08 Å². The van der Waals surface area contributed by atoms with Crippen LogP contribution in [0.1, 0.15) is 43.4 Å². The Kier molecular flexibility index (Phi) is 7.74. The monoisotopic (exact) mass is 407 g/mol. The van der Waals surface area contributed by atoms with E-state index < -0.39 is 4.92 Å². The second-order valence-corrected chi connectivity index (χ2v) is 7.83. The van der Waals surface area contributed by atoms with Gasteiger partial charge in [0.25, 0.3) is 5.69 Å². The highest BCUT2D eigenvalue weighted by Gasteiger charge is 2.22. The predicted molar refractivity (Wildman–Crippen MR) is 119 cm³/mol. The third kappa shape index (κ3) is 6.00. The minimum Gasteiger partial charge on any atom is -0.348 e. The van der Waals surface area contributed by atoms with Crippen LogP contribution in [0.4, 0.5) is 5.69 Å². The van der Waals surface area contributed by atoms with Gasteiger partial charge in [-0.15, -0.1) is 0 Å². The van der Waals surface area contributed by atoms with Crippen LogP contribution in [-0.2, 0) is 4.79 Å². The van der Waals surface area contributed by atoms with Crippen LogP contribution in [0.2, 0.25) is 0 Å². The molecular weight excluding hydrogens is 378 g/mol. The first-order valence-corrected chi connectivity index (χ1v) is 10.5. The van der Waals surface area contributed by atoms with Crippen molar-refractivity contribution in [1.82, 2.24) is 10.2 Å². The standard InChI is InChI=1S/C24H29N3O3/c1-19(10-9-14-21-13-5-6-15-23(21)27(29)30)24(28)25-22(18-26-16-7-8-17-26)20-11-3-2-4-12-20/h2-6,9,11-15,19,22H,7-8,10,16-18H2,1H3,(H,25,28)/t19?,22-/m1/s1. The number of hydrogen-bond donors (Lipinski definition) is 1. The molecule has 2 aromatic carbocycles. The van der Waals surface area contributed by atoms with Gasteiger partial charge in [0.1, 0.15) is 0 Å². The number of para-hydroxylation sites is 1. The van der Waals surface area contributed by atoms with E-state index in [1.165, 1.54) is 18.9 Å². The molecule has 0 saturated carbocycles. The molecule has 6 heteroatoms. The summed E-state index contributed by atoms with van der Waals surface area (Å²) in [7, 11) is 0. The zero-order chi connectivity index (χ0) is 21.3. The van der Waals surface area contributed by atoms with Gasteiger partial charge in [-0.1, -0.05) is 61.5 Å². The molecule has 0 bridgehead atoms. The maximum Gasteiger partial charge on any atom is 0.276 e. The minimum absolute atomic E-state index is 0.00439. The lowest BCUT2D eigenvalue weighted by molar-refractivity contribution is -0.385. The van der Waals surface area contributed by atoms with Gasteiger partial charge < -0.3 is 10.2 Å². The smallest absolute Gasteiger partial charge is 0.276 e. The van der Waals surface area contributed by atoms with E-state index in [2.05, 4.69) is 22.3 Å². The lowest BCUT2D eigenvalue weighted by Crippen LogP contribution is -2.39. The molecule has 1 heterocycles. The largest absolute Gasteiger partial charge is 0.348 e. The molecule has 1 fully saturated rings. The molecule has 1 aliphatic heterocycles. The molecule has 2 atom stereocenters. The van der Waals surface area contributed by atoms with Crippen LogP contribution in [0, 0.1) is 16.0 Å². The summed E-state index contributed by atoms with van der Waals surface area (Å²) in [5.74, 6) is -0.232. The molecule has 0 aromatic heterocycles. The fourth-order valence-corrected chi connectivity index (χ4v) is 3.76. The predicted octanol–water partition coefficient (Wildman–Crippen LogP) is 4.59. The lowest BCUT2D eigenvalue weighted by Gasteiger charge is -2.26. The number of nitro benzene ring substituents is 1. The van der Waals surface area contributed by atoms with Crippen molar-refractivity contribution in [3.63, 3.8) is 0 Å². The third-order valence-corrected chi connectivity index (χ3v) is 5.53. The van der Waals surface area contributed by atoms with E-state index >= 15 is 0 Å². The molecule has 1 unspecified atom stereocenters. The number of hydrogen-bond acceptors (Lipinski definition) is 4. The quantitative estimate of drug-likeness (QED) is 0.487. The van der Waals surface area contributed by atoms with Gasteiger partial charge in [0.15, 0.2) is 0 Å². The highest BCUT2D eigenvalue weighted by molar-refractivity contribution is 5.79.